The smallest absolute Gasteiger partial charge is 0.233 e. The Morgan fingerprint density at radius 2 is 1.72 bits per heavy atom. The van der Waals surface area contributed by atoms with Gasteiger partial charge in [0.15, 0.2) is 0 Å². The van der Waals surface area contributed by atoms with Crippen LogP contribution in [0.4, 0.5) is 11.8 Å². The minimum Gasteiger partial charge on any atom is -0.496 e. The number of hydrogen-bond donors (Lipinski definition) is 0. The first-order chi connectivity index (χ1) is 15.6. The van der Waals surface area contributed by atoms with Gasteiger partial charge in [-0.2, -0.15) is 4.98 Å². The Kier molecular flexibility index (Phi) is 5.63. The zero-order valence-corrected chi connectivity index (χ0v) is 18.9. The second kappa shape index (κ2) is 8.58. The van der Waals surface area contributed by atoms with Crippen LogP contribution in [0, 0.1) is 6.92 Å². The normalized spacial score (nSPS) is 20.2. The van der Waals surface area contributed by atoms with E-state index in [0.717, 1.165) is 81.0 Å². The third-order valence-electron chi connectivity index (χ3n) is 6.80. The number of methoxy groups -OCH3 is 1. The van der Waals surface area contributed by atoms with Crippen LogP contribution in [0.2, 0.25) is 0 Å². The predicted octanol–water partition coefficient (Wildman–Crippen LogP) is 2.01. The number of piperazine rings is 1. The van der Waals surface area contributed by atoms with Gasteiger partial charge >= 0.3 is 0 Å². The number of aromatic nitrogens is 2. The highest BCUT2D eigenvalue weighted by atomic mass is 16.5. The molecule has 1 amide bonds. The first kappa shape index (κ1) is 21.0. The second-order valence-electron chi connectivity index (χ2n) is 8.83. The Labute approximate surface area is 189 Å². The van der Waals surface area contributed by atoms with Gasteiger partial charge in [-0.05, 0) is 25.8 Å². The number of rotatable bonds is 5. The Morgan fingerprint density at radius 3 is 2.41 bits per heavy atom. The number of nitrogens with zero attached hydrogens (tertiary/aromatic N) is 5. The number of amides is 1. The van der Waals surface area contributed by atoms with Gasteiger partial charge in [0.2, 0.25) is 11.9 Å². The summed E-state index contributed by atoms with van der Waals surface area (Å²) in [6.07, 6.45) is 1.77. The molecule has 3 aliphatic rings. The lowest BCUT2D eigenvalue weighted by Crippen LogP contribution is -2.52. The molecule has 0 atom stereocenters. The van der Waals surface area contributed by atoms with Gasteiger partial charge in [0.1, 0.15) is 11.6 Å². The van der Waals surface area contributed by atoms with Crippen LogP contribution in [0.3, 0.4) is 0 Å². The molecule has 0 N–H and O–H groups in total. The van der Waals surface area contributed by atoms with Crippen molar-refractivity contribution in [2.24, 2.45) is 0 Å². The van der Waals surface area contributed by atoms with Gasteiger partial charge in [-0.3, -0.25) is 4.79 Å². The molecule has 1 aliphatic carbocycles. The minimum atomic E-state index is -0.419. The van der Waals surface area contributed by atoms with Gasteiger partial charge in [-0.1, -0.05) is 18.2 Å². The van der Waals surface area contributed by atoms with Crippen LogP contribution < -0.4 is 14.5 Å². The van der Waals surface area contributed by atoms with E-state index >= 15 is 0 Å². The van der Waals surface area contributed by atoms with Crippen LogP contribution in [-0.2, 0) is 14.9 Å². The van der Waals surface area contributed by atoms with Crippen molar-refractivity contribution in [2.45, 2.75) is 25.2 Å². The number of hydrogen-bond acceptors (Lipinski definition) is 7. The standard InChI is InChI=1S/C24H31N5O3/c1-18-17-21(27-13-15-32-16-14-27)26-23(25-18)29-11-9-28(10-12-29)22(30)24(7-8-24)19-5-3-4-6-20(19)31-2/h3-6,17H,7-16H2,1-2H3. The summed E-state index contributed by atoms with van der Waals surface area (Å²) in [5.74, 6) is 2.74. The average molecular weight is 438 g/mol. The van der Waals surface area contributed by atoms with Crippen molar-refractivity contribution in [3.8, 4) is 5.75 Å². The lowest BCUT2D eigenvalue weighted by Gasteiger charge is -2.37. The fourth-order valence-electron chi connectivity index (χ4n) is 4.81. The van der Waals surface area contributed by atoms with Crippen molar-refractivity contribution in [1.29, 1.82) is 0 Å². The van der Waals surface area contributed by atoms with E-state index in [1.54, 1.807) is 7.11 Å². The van der Waals surface area contributed by atoms with E-state index in [2.05, 4.69) is 9.80 Å². The average Bonchev–Trinajstić information content (AvgIpc) is 3.66. The van der Waals surface area contributed by atoms with E-state index in [-0.39, 0.29) is 5.91 Å². The maximum absolute atomic E-state index is 13.5. The molecule has 5 rings (SSSR count). The summed E-state index contributed by atoms with van der Waals surface area (Å²) in [7, 11) is 1.67. The molecule has 3 heterocycles. The zero-order valence-electron chi connectivity index (χ0n) is 18.9. The molecule has 1 saturated carbocycles. The molecule has 2 saturated heterocycles. The van der Waals surface area contributed by atoms with Crippen molar-refractivity contribution >= 4 is 17.7 Å². The lowest BCUT2D eigenvalue weighted by atomic mass is 9.93. The fraction of sp³-hybridized carbons (Fsp3) is 0.542. The van der Waals surface area contributed by atoms with Crippen LogP contribution in [0.1, 0.15) is 24.1 Å². The number of aryl methyl sites for hydroxylation is 1. The molecule has 0 spiro atoms. The van der Waals surface area contributed by atoms with Crippen molar-refractivity contribution in [3.63, 3.8) is 0 Å². The fourth-order valence-corrected chi connectivity index (χ4v) is 4.81. The van der Waals surface area contributed by atoms with Gasteiger partial charge in [-0.15, -0.1) is 0 Å². The van der Waals surface area contributed by atoms with Gasteiger partial charge in [0.05, 0.1) is 25.7 Å². The van der Waals surface area contributed by atoms with E-state index < -0.39 is 5.41 Å². The first-order valence-electron chi connectivity index (χ1n) is 11.5. The number of para-hydroxylation sites is 1. The number of benzene rings is 1. The Morgan fingerprint density at radius 1 is 1.00 bits per heavy atom. The molecule has 170 valence electrons. The van der Waals surface area contributed by atoms with Crippen molar-refractivity contribution in [3.05, 3.63) is 41.6 Å². The number of carbonyl (C=O) groups is 1. The number of ether oxygens (including phenoxy) is 2. The summed E-state index contributed by atoms with van der Waals surface area (Å²) in [6, 6.07) is 9.97. The maximum Gasteiger partial charge on any atom is 0.233 e. The predicted molar refractivity (Wildman–Crippen MR) is 123 cm³/mol. The molecule has 0 unspecified atom stereocenters. The highest BCUT2D eigenvalue weighted by molar-refractivity contribution is 5.92. The van der Waals surface area contributed by atoms with Crippen molar-refractivity contribution < 1.29 is 14.3 Å². The Balaban J connectivity index is 1.27. The van der Waals surface area contributed by atoms with Gasteiger partial charge < -0.3 is 24.2 Å². The topological polar surface area (TPSA) is 71.0 Å². The quantitative estimate of drug-likeness (QED) is 0.709. The van der Waals surface area contributed by atoms with Crippen LogP contribution in [0.5, 0.6) is 5.75 Å². The molecule has 2 aromatic rings. The van der Waals surface area contributed by atoms with E-state index in [0.29, 0.717) is 13.1 Å². The monoisotopic (exact) mass is 437 g/mol. The molecule has 0 radical (unpaired) electrons. The van der Waals surface area contributed by atoms with Crippen LogP contribution in [-0.4, -0.2) is 80.4 Å². The molecule has 3 fully saturated rings. The van der Waals surface area contributed by atoms with E-state index in [1.807, 2.05) is 42.2 Å². The van der Waals surface area contributed by atoms with E-state index in [1.165, 1.54) is 0 Å². The third kappa shape index (κ3) is 3.88. The third-order valence-corrected chi connectivity index (χ3v) is 6.80. The summed E-state index contributed by atoms with van der Waals surface area (Å²) in [6.45, 7) is 8.00. The van der Waals surface area contributed by atoms with Crippen LogP contribution in [0.25, 0.3) is 0 Å². The molecule has 8 nitrogen and oxygen atoms in total. The molecular formula is C24H31N5O3. The SMILES string of the molecule is COc1ccccc1C1(C(=O)N2CCN(c3nc(C)cc(N4CCOCC4)n3)CC2)CC1. The summed E-state index contributed by atoms with van der Waals surface area (Å²) in [5, 5.41) is 0. The second-order valence-corrected chi connectivity index (χ2v) is 8.83. The summed E-state index contributed by atoms with van der Waals surface area (Å²) < 4.78 is 11.0. The number of morpholine rings is 1. The lowest BCUT2D eigenvalue weighted by molar-refractivity contribution is -0.134. The van der Waals surface area contributed by atoms with E-state index in [4.69, 9.17) is 19.4 Å². The summed E-state index contributed by atoms with van der Waals surface area (Å²) in [4.78, 5) is 29.5. The molecule has 0 bridgehead atoms. The molecule has 8 heteroatoms. The Bertz CT molecular complexity index is 979. The maximum atomic E-state index is 13.5. The van der Waals surface area contributed by atoms with E-state index in [9.17, 15) is 4.79 Å². The van der Waals surface area contributed by atoms with Crippen molar-refractivity contribution in [2.75, 3.05) is 69.4 Å². The highest BCUT2D eigenvalue weighted by Gasteiger charge is 2.54. The molecule has 1 aromatic carbocycles. The van der Waals surface area contributed by atoms with Gasteiger partial charge in [0, 0.05) is 56.6 Å². The van der Waals surface area contributed by atoms with Crippen molar-refractivity contribution in [1.82, 2.24) is 14.9 Å². The molecule has 1 aromatic heterocycles. The summed E-state index contributed by atoms with van der Waals surface area (Å²) >= 11 is 0. The van der Waals surface area contributed by atoms with Gasteiger partial charge in [0.25, 0.3) is 0 Å². The number of anilines is 2. The largest absolute Gasteiger partial charge is 0.496 e. The Hall–Kier alpha value is -2.87. The zero-order chi connectivity index (χ0) is 22.1. The first-order valence-corrected chi connectivity index (χ1v) is 11.5. The van der Waals surface area contributed by atoms with Gasteiger partial charge in [-0.25, -0.2) is 4.98 Å². The molecule has 32 heavy (non-hydrogen) atoms. The van der Waals surface area contributed by atoms with Crippen LogP contribution >= 0.6 is 0 Å². The molecular weight excluding hydrogens is 406 g/mol. The highest BCUT2D eigenvalue weighted by Crippen LogP contribution is 2.52. The number of carbonyl (C=O) groups excluding carboxylic acids is 1. The molecule has 2 aliphatic heterocycles. The van der Waals surface area contributed by atoms with Crippen LogP contribution in [0.15, 0.2) is 30.3 Å². The minimum absolute atomic E-state index is 0.223. The summed E-state index contributed by atoms with van der Waals surface area (Å²) in [5.41, 5.74) is 1.56.